The van der Waals surface area contributed by atoms with Crippen LogP contribution in [-0.4, -0.2) is 22.4 Å². The van der Waals surface area contributed by atoms with Gasteiger partial charge in [0, 0.05) is 18.0 Å². The molecule has 2 heterocycles. The predicted octanol–water partition coefficient (Wildman–Crippen LogP) is 3.86. The largest absolute Gasteiger partial charge is 0.334 e. The van der Waals surface area contributed by atoms with Crippen LogP contribution in [0.15, 0.2) is 23.3 Å². The fourth-order valence-electron chi connectivity index (χ4n) is 2.90. The third kappa shape index (κ3) is 3.11. The van der Waals surface area contributed by atoms with Crippen LogP contribution in [0.2, 0.25) is 0 Å². The molecule has 4 heteroatoms. The molecule has 1 aromatic heterocycles. The summed E-state index contributed by atoms with van der Waals surface area (Å²) in [6, 6.07) is 4.09. The molecule has 0 amide bonds. The van der Waals surface area contributed by atoms with Crippen molar-refractivity contribution in [2.24, 2.45) is 10.4 Å². The summed E-state index contributed by atoms with van der Waals surface area (Å²) in [7, 11) is 0. The van der Waals surface area contributed by atoms with Crippen LogP contribution < -0.4 is 5.32 Å². The summed E-state index contributed by atoms with van der Waals surface area (Å²) in [6.07, 6.45) is 8.80. The second-order valence-corrected chi connectivity index (χ2v) is 6.75. The number of nitrogens with zero attached hydrogens (tertiary/aromatic N) is 2. The van der Waals surface area contributed by atoms with E-state index in [1.807, 2.05) is 30.9 Å². The average Bonchev–Trinajstić information content (AvgIpc) is 2.45. The van der Waals surface area contributed by atoms with Gasteiger partial charge in [-0.15, -0.1) is 0 Å². The maximum atomic E-state index is 4.76. The molecular weight excluding hydrogens is 254 g/mol. The third-order valence-electron chi connectivity index (χ3n) is 4.15. The Balaban J connectivity index is 1.63. The highest BCUT2D eigenvalue weighted by molar-refractivity contribution is 8.14. The lowest BCUT2D eigenvalue weighted by molar-refractivity contribution is 0.232. The van der Waals surface area contributed by atoms with E-state index in [2.05, 4.69) is 16.4 Å². The number of amidine groups is 1. The maximum absolute atomic E-state index is 4.76. The second kappa shape index (κ2) is 5.53. The fourth-order valence-corrected chi connectivity index (χ4v) is 4.07. The number of aryl methyl sites for hydroxylation is 1. The Morgan fingerprint density at radius 2 is 2.05 bits per heavy atom. The normalized spacial score (nSPS) is 22.1. The molecule has 1 saturated carbocycles. The summed E-state index contributed by atoms with van der Waals surface area (Å²) in [6.45, 7) is 3.01. The Hall–Kier alpha value is -1.03. The Bertz CT molecular complexity index is 461. The van der Waals surface area contributed by atoms with Crippen LogP contribution in [0.4, 0.5) is 5.69 Å². The molecule has 1 aliphatic heterocycles. The summed E-state index contributed by atoms with van der Waals surface area (Å²) >= 11 is 1.88. The highest BCUT2D eigenvalue weighted by Gasteiger charge is 2.34. The molecule has 0 saturated heterocycles. The van der Waals surface area contributed by atoms with Crippen molar-refractivity contribution in [1.82, 2.24) is 4.98 Å². The van der Waals surface area contributed by atoms with Gasteiger partial charge in [0.05, 0.1) is 11.9 Å². The van der Waals surface area contributed by atoms with Crippen molar-refractivity contribution in [3.8, 4) is 0 Å². The lowest BCUT2D eigenvalue weighted by atomic mass is 9.75. The summed E-state index contributed by atoms with van der Waals surface area (Å²) in [5.74, 6) is 1.22. The Morgan fingerprint density at radius 3 is 2.68 bits per heavy atom. The van der Waals surface area contributed by atoms with Crippen LogP contribution in [0.1, 0.15) is 37.8 Å². The van der Waals surface area contributed by atoms with Crippen molar-refractivity contribution in [2.75, 3.05) is 17.6 Å². The molecule has 0 bridgehead atoms. The molecule has 102 valence electrons. The molecular formula is C15H21N3S. The Kier molecular flexibility index (Phi) is 3.78. The number of nitrogens with one attached hydrogen (secondary N) is 1. The molecule has 0 atom stereocenters. The fraction of sp³-hybridized carbons (Fsp3) is 0.600. The van der Waals surface area contributed by atoms with E-state index in [1.54, 1.807) is 0 Å². The highest BCUT2D eigenvalue weighted by Crippen LogP contribution is 2.41. The Morgan fingerprint density at radius 1 is 1.21 bits per heavy atom. The van der Waals surface area contributed by atoms with Gasteiger partial charge in [0.2, 0.25) is 0 Å². The predicted molar refractivity (Wildman–Crippen MR) is 82.9 cm³/mol. The van der Waals surface area contributed by atoms with Gasteiger partial charge >= 0.3 is 0 Å². The van der Waals surface area contributed by atoms with E-state index in [1.165, 1.54) is 37.9 Å². The van der Waals surface area contributed by atoms with E-state index in [-0.39, 0.29) is 0 Å². The molecule has 1 fully saturated rings. The second-order valence-electron chi connectivity index (χ2n) is 5.78. The van der Waals surface area contributed by atoms with Gasteiger partial charge in [-0.3, -0.25) is 9.98 Å². The first-order valence-electron chi connectivity index (χ1n) is 7.13. The van der Waals surface area contributed by atoms with Crippen LogP contribution >= 0.6 is 11.8 Å². The van der Waals surface area contributed by atoms with E-state index in [0.29, 0.717) is 5.41 Å². The standard InChI is InChI=1S/C15H21N3S/c1-12-5-6-13(9-16-12)18-14-17-10-15(11-19-14)7-3-2-4-8-15/h5-6,9H,2-4,7-8,10-11H2,1H3,(H,17,18). The van der Waals surface area contributed by atoms with Crippen molar-refractivity contribution in [3.63, 3.8) is 0 Å². The molecule has 19 heavy (non-hydrogen) atoms. The zero-order valence-electron chi connectivity index (χ0n) is 11.5. The van der Waals surface area contributed by atoms with Crippen molar-refractivity contribution in [2.45, 2.75) is 39.0 Å². The molecule has 3 rings (SSSR count). The molecule has 1 aliphatic carbocycles. The summed E-state index contributed by atoms with van der Waals surface area (Å²) < 4.78 is 0. The lowest BCUT2D eigenvalue weighted by Crippen LogP contribution is -2.35. The van der Waals surface area contributed by atoms with E-state index >= 15 is 0 Å². The average molecular weight is 275 g/mol. The molecule has 1 spiro atoms. The minimum Gasteiger partial charge on any atom is -0.334 e. The topological polar surface area (TPSA) is 37.3 Å². The van der Waals surface area contributed by atoms with Crippen LogP contribution in [0.5, 0.6) is 0 Å². The minimum absolute atomic E-state index is 0.500. The molecule has 1 N–H and O–H groups in total. The number of aliphatic imine (C=N–C) groups is 1. The third-order valence-corrected chi connectivity index (χ3v) is 5.41. The van der Waals surface area contributed by atoms with Crippen molar-refractivity contribution < 1.29 is 0 Å². The van der Waals surface area contributed by atoms with E-state index < -0.39 is 0 Å². The number of aromatic nitrogens is 1. The first kappa shape index (κ1) is 13.0. The summed E-state index contributed by atoms with van der Waals surface area (Å²) in [5, 5.41) is 4.44. The van der Waals surface area contributed by atoms with E-state index in [9.17, 15) is 0 Å². The molecule has 0 aromatic carbocycles. The minimum atomic E-state index is 0.500. The maximum Gasteiger partial charge on any atom is 0.161 e. The van der Waals surface area contributed by atoms with Crippen LogP contribution in [0, 0.1) is 12.3 Å². The lowest BCUT2D eigenvalue weighted by Gasteiger charge is -2.38. The zero-order chi connectivity index (χ0) is 13.1. The number of hydrogen-bond acceptors (Lipinski definition) is 4. The van der Waals surface area contributed by atoms with Crippen molar-refractivity contribution >= 4 is 22.6 Å². The highest BCUT2D eigenvalue weighted by atomic mass is 32.2. The van der Waals surface area contributed by atoms with Gasteiger partial charge in [-0.05, 0) is 37.3 Å². The van der Waals surface area contributed by atoms with Gasteiger partial charge in [0.25, 0.3) is 0 Å². The van der Waals surface area contributed by atoms with Gasteiger partial charge in [-0.1, -0.05) is 31.0 Å². The van der Waals surface area contributed by atoms with E-state index in [0.717, 1.165) is 23.1 Å². The van der Waals surface area contributed by atoms with Gasteiger partial charge < -0.3 is 5.32 Å². The monoisotopic (exact) mass is 275 g/mol. The van der Waals surface area contributed by atoms with E-state index in [4.69, 9.17) is 4.99 Å². The number of rotatable bonds is 1. The van der Waals surface area contributed by atoms with Gasteiger partial charge in [0.15, 0.2) is 5.17 Å². The number of pyridine rings is 1. The van der Waals surface area contributed by atoms with Crippen molar-refractivity contribution in [3.05, 3.63) is 24.0 Å². The number of anilines is 1. The molecule has 0 unspecified atom stereocenters. The molecule has 0 radical (unpaired) electrons. The van der Waals surface area contributed by atoms with Crippen LogP contribution in [0.3, 0.4) is 0 Å². The van der Waals surface area contributed by atoms with Gasteiger partial charge in [0.1, 0.15) is 0 Å². The summed E-state index contributed by atoms with van der Waals surface area (Å²) in [4.78, 5) is 9.07. The first-order valence-corrected chi connectivity index (χ1v) is 8.11. The van der Waals surface area contributed by atoms with Gasteiger partial charge in [-0.2, -0.15) is 0 Å². The molecule has 3 nitrogen and oxygen atoms in total. The SMILES string of the molecule is Cc1ccc(NC2=NCC3(CCCCC3)CS2)cn1. The van der Waals surface area contributed by atoms with Crippen LogP contribution in [0.25, 0.3) is 0 Å². The zero-order valence-corrected chi connectivity index (χ0v) is 12.3. The number of hydrogen-bond donors (Lipinski definition) is 1. The smallest absolute Gasteiger partial charge is 0.161 e. The summed E-state index contributed by atoms with van der Waals surface area (Å²) in [5.41, 5.74) is 2.58. The quantitative estimate of drug-likeness (QED) is 0.845. The first-order chi connectivity index (χ1) is 9.26. The van der Waals surface area contributed by atoms with Gasteiger partial charge in [-0.25, -0.2) is 0 Å². The Labute approximate surface area is 119 Å². The molecule has 2 aliphatic rings. The van der Waals surface area contributed by atoms with Crippen LogP contribution in [-0.2, 0) is 0 Å². The van der Waals surface area contributed by atoms with Crippen molar-refractivity contribution in [1.29, 1.82) is 0 Å². The molecule has 1 aromatic rings. The number of thioether (sulfide) groups is 1.